The van der Waals surface area contributed by atoms with Crippen LogP contribution in [0.4, 0.5) is 4.79 Å². The summed E-state index contributed by atoms with van der Waals surface area (Å²) < 4.78 is 9.93. The molecule has 0 aliphatic heterocycles. The summed E-state index contributed by atoms with van der Waals surface area (Å²) >= 11 is 0. The van der Waals surface area contributed by atoms with Crippen LogP contribution in [-0.2, 0) is 23.9 Å². The molecular weight excluding hydrogens is 438 g/mol. The van der Waals surface area contributed by atoms with Crippen LogP contribution in [0.2, 0.25) is 0 Å². The molecule has 2 N–H and O–H groups in total. The molecule has 0 aromatic heterocycles. The maximum absolute atomic E-state index is 13.7. The fourth-order valence-electron chi connectivity index (χ4n) is 3.76. The van der Waals surface area contributed by atoms with Crippen molar-refractivity contribution < 1.29 is 28.7 Å². The van der Waals surface area contributed by atoms with Crippen LogP contribution >= 0.6 is 0 Å². The van der Waals surface area contributed by atoms with Crippen molar-refractivity contribution in [2.75, 3.05) is 13.7 Å². The number of hydrogen-bond acceptors (Lipinski definition) is 6. The standard InChI is InChI=1S/C25H37N3O6/c1-14-10-9-11-18(16(14)3)21(22(30)26-13-20(29)33-8)28(19-12-15(19)2)23(31)17(4)27-24(32)34-25(5,6)7/h9-11,15,17,19,21H,12-13H2,1-8H3,(H,26,30)(H,27,32). The van der Waals surface area contributed by atoms with Crippen molar-refractivity contribution in [2.45, 2.75) is 78.6 Å². The third-order valence-corrected chi connectivity index (χ3v) is 5.88. The number of aryl methyl sites for hydroxylation is 1. The third kappa shape index (κ3) is 6.95. The number of nitrogens with one attached hydrogen (secondary N) is 2. The highest BCUT2D eigenvalue weighted by atomic mass is 16.6. The maximum Gasteiger partial charge on any atom is 0.408 e. The van der Waals surface area contributed by atoms with Crippen LogP contribution in [0.1, 0.15) is 63.8 Å². The van der Waals surface area contributed by atoms with Gasteiger partial charge in [0.15, 0.2) is 0 Å². The van der Waals surface area contributed by atoms with E-state index in [1.807, 2.05) is 39.0 Å². The van der Waals surface area contributed by atoms with E-state index in [0.29, 0.717) is 5.56 Å². The van der Waals surface area contributed by atoms with Crippen molar-refractivity contribution in [3.8, 4) is 0 Å². The smallest absolute Gasteiger partial charge is 0.408 e. The molecule has 34 heavy (non-hydrogen) atoms. The van der Waals surface area contributed by atoms with Crippen molar-refractivity contribution in [3.05, 3.63) is 34.9 Å². The van der Waals surface area contributed by atoms with E-state index in [0.717, 1.165) is 17.5 Å². The first-order valence-electron chi connectivity index (χ1n) is 11.5. The van der Waals surface area contributed by atoms with E-state index in [9.17, 15) is 19.2 Å². The average molecular weight is 476 g/mol. The number of esters is 1. The lowest BCUT2D eigenvalue weighted by molar-refractivity contribution is -0.145. The first-order valence-corrected chi connectivity index (χ1v) is 11.5. The number of ether oxygens (including phenoxy) is 2. The summed E-state index contributed by atoms with van der Waals surface area (Å²) in [6.45, 7) is 12.3. The molecule has 2 rings (SSSR count). The highest BCUT2D eigenvalue weighted by Gasteiger charge is 2.48. The Labute approximate surface area is 201 Å². The zero-order valence-electron chi connectivity index (χ0n) is 21.4. The number of benzene rings is 1. The van der Waals surface area contributed by atoms with Gasteiger partial charge in [-0.3, -0.25) is 14.4 Å². The summed E-state index contributed by atoms with van der Waals surface area (Å²) in [5.41, 5.74) is 1.80. The SMILES string of the molecule is COC(=O)CNC(=O)C(c1cccc(C)c1C)N(C(=O)C(C)NC(=O)OC(C)(C)C)C1CC1C. The lowest BCUT2D eigenvalue weighted by Crippen LogP contribution is -2.53. The van der Waals surface area contributed by atoms with E-state index in [1.165, 1.54) is 7.11 Å². The zero-order valence-corrected chi connectivity index (χ0v) is 21.4. The maximum atomic E-state index is 13.7. The second kappa shape index (κ2) is 10.9. The molecule has 9 nitrogen and oxygen atoms in total. The summed E-state index contributed by atoms with van der Waals surface area (Å²) in [4.78, 5) is 52.6. The fraction of sp³-hybridized carbons (Fsp3) is 0.600. The summed E-state index contributed by atoms with van der Waals surface area (Å²) in [6, 6.07) is 3.49. The van der Waals surface area contributed by atoms with Gasteiger partial charge in [0, 0.05) is 6.04 Å². The normalized spacial score (nSPS) is 18.8. The molecule has 1 aromatic carbocycles. The minimum Gasteiger partial charge on any atom is -0.468 e. The van der Waals surface area contributed by atoms with Crippen molar-refractivity contribution in [1.82, 2.24) is 15.5 Å². The van der Waals surface area contributed by atoms with Crippen LogP contribution in [0.25, 0.3) is 0 Å². The minimum atomic E-state index is -0.977. The first kappa shape index (κ1) is 27.1. The average Bonchev–Trinajstić information content (AvgIpc) is 3.46. The van der Waals surface area contributed by atoms with Gasteiger partial charge in [-0.1, -0.05) is 25.1 Å². The molecule has 1 aliphatic rings. The molecule has 1 aromatic rings. The number of alkyl carbamates (subject to hydrolysis) is 1. The van der Waals surface area contributed by atoms with E-state index in [-0.39, 0.29) is 18.5 Å². The second-order valence-corrected chi connectivity index (χ2v) is 9.88. The topological polar surface area (TPSA) is 114 Å². The molecule has 1 aliphatic carbocycles. The Balaban J connectivity index is 2.42. The quantitative estimate of drug-likeness (QED) is 0.559. The fourth-order valence-corrected chi connectivity index (χ4v) is 3.76. The first-order chi connectivity index (χ1) is 15.8. The second-order valence-electron chi connectivity index (χ2n) is 9.88. The molecule has 4 unspecified atom stereocenters. The van der Waals surface area contributed by atoms with Crippen molar-refractivity contribution in [1.29, 1.82) is 0 Å². The molecule has 1 saturated carbocycles. The zero-order chi connectivity index (χ0) is 25.8. The Morgan fingerprint density at radius 1 is 1.18 bits per heavy atom. The van der Waals surface area contributed by atoms with E-state index in [4.69, 9.17) is 4.74 Å². The molecule has 0 radical (unpaired) electrons. The number of amides is 3. The number of carbonyl (C=O) groups is 4. The number of nitrogens with zero attached hydrogens (tertiary/aromatic N) is 1. The van der Waals surface area contributed by atoms with Gasteiger partial charge in [-0.05, 0) is 70.6 Å². The Bertz CT molecular complexity index is 939. The van der Waals surface area contributed by atoms with Crippen LogP contribution < -0.4 is 10.6 Å². The van der Waals surface area contributed by atoms with Crippen molar-refractivity contribution in [3.63, 3.8) is 0 Å². The molecule has 188 valence electrons. The predicted molar refractivity (Wildman–Crippen MR) is 127 cm³/mol. The number of hydrogen-bond donors (Lipinski definition) is 2. The predicted octanol–water partition coefficient (Wildman–Crippen LogP) is 2.78. The van der Waals surface area contributed by atoms with Gasteiger partial charge in [-0.15, -0.1) is 0 Å². The van der Waals surface area contributed by atoms with Crippen LogP contribution in [0, 0.1) is 19.8 Å². The molecule has 9 heteroatoms. The van der Waals surface area contributed by atoms with Gasteiger partial charge in [-0.25, -0.2) is 4.79 Å². The van der Waals surface area contributed by atoms with E-state index in [1.54, 1.807) is 32.6 Å². The van der Waals surface area contributed by atoms with Gasteiger partial charge in [0.25, 0.3) is 0 Å². The molecule has 0 bridgehead atoms. The van der Waals surface area contributed by atoms with Gasteiger partial charge in [-0.2, -0.15) is 0 Å². The third-order valence-electron chi connectivity index (χ3n) is 5.88. The Kier molecular flexibility index (Phi) is 8.69. The minimum absolute atomic E-state index is 0.177. The summed E-state index contributed by atoms with van der Waals surface area (Å²) in [5.74, 6) is -1.29. The van der Waals surface area contributed by atoms with E-state index >= 15 is 0 Å². The van der Waals surface area contributed by atoms with Crippen LogP contribution in [0.15, 0.2) is 18.2 Å². The van der Waals surface area contributed by atoms with Crippen LogP contribution in [0.3, 0.4) is 0 Å². The highest BCUT2D eigenvalue weighted by molar-refractivity contribution is 5.93. The summed E-state index contributed by atoms with van der Waals surface area (Å²) in [7, 11) is 1.24. The van der Waals surface area contributed by atoms with Crippen LogP contribution in [0.5, 0.6) is 0 Å². The molecule has 3 amide bonds. The Morgan fingerprint density at radius 2 is 1.79 bits per heavy atom. The van der Waals surface area contributed by atoms with Gasteiger partial charge < -0.3 is 25.0 Å². The molecule has 0 heterocycles. The summed E-state index contributed by atoms with van der Waals surface area (Å²) in [6.07, 6.45) is 0.0202. The highest BCUT2D eigenvalue weighted by Crippen LogP contribution is 2.41. The van der Waals surface area contributed by atoms with Gasteiger partial charge in [0.05, 0.1) is 7.11 Å². The lowest BCUT2D eigenvalue weighted by atomic mass is 9.95. The van der Waals surface area contributed by atoms with Gasteiger partial charge in [0.1, 0.15) is 24.2 Å². The lowest BCUT2D eigenvalue weighted by Gasteiger charge is -2.35. The molecule has 0 saturated heterocycles. The van der Waals surface area contributed by atoms with E-state index in [2.05, 4.69) is 15.4 Å². The van der Waals surface area contributed by atoms with Crippen molar-refractivity contribution >= 4 is 23.9 Å². The Hall–Kier alpha value is -3.10. The number of rotatable bonds is 8. The molecule has 1 fully saturated rings. The molecule has 0 spiro atoms. The molecule has 4 atom stereocenters. The van der Waals surface area contributed by atoms with E-state index < -0.39 is 41.6 Å². The number of methoxy groups -OCH3 is 1. The molecular formula is C25H37N3O6. The van der Waals surface area contributed by atoms with Crippen LogP contribution in [-0.4, -0.2) is 60.1 Å². The monoisotopic (exact) mass is 475 g/mol. The van der Waals surface area contributed by atoms with Crippen molar-refractivity contribution in [2.24, 2.45) is 5.92 Å². The number of carbonyl (C=O) groups excluding carboxylic acids is 4. The van der Waals surface area contributed by atoms with Gasteiger partial charge >= 0.3 is 12.1 Å². The largest absolute Gasteiger partial charge is 0.468 e. The Morgan fingerprint density at radius 3 is 2.32 bits per heavy atom. The van der Waals surface area contributed by atoms with Gasteiger partial charge in [0.2, 0.25) is 11.8 Å². The summed E-state index contributed by atoms with van der Waals surface area (Å²) in [5, 5.41) is 5.19.